The third-order valence-corrected chi connectivity index (χ3v) is 4.79. The third kappa shape index (κ3) is 2.23. The van der Waals surface area contributed by atoms with Crippen LogP contribution < -0.4 is 10.2 Å². The molecule has 4 nitrogen and oxygen atoms in total. The molecule has 2 aliphatic rings. The molecule has 1 saturated carbocycles. The molecule has 2 heterocycles. The standard InChI is InChI=1S/C16H14N2O2S/c19-15-13-6-5-11(8-14(13)17-16(15)20)18(10-3-4-10)9-12-2-1-7-21-12/h1-2,5-8,10H,3-4,9H2,(H,17,19,20). The lowest BCUT2D eigenvalue weighted by atomic mass is 10.1. The number of amides is 1. The van der Waals surface area contributed by atoms with Crippen molar-refractivity contribution in [2.24, 2.45) is 0 Å². The maximum Gasteiger partial charge on any atom is 0.296 e. The Bertz CT molecular complexity index is 720. The predicted octanol–water partition coefficient (Wildman–Crippen LogP) is 3.05. The molecule has 1 aromatic carbocycles. The number of hydrogen-bond donors (Lipinski definition) is 1. The fourth-order valence-corrected chi connectivity index (χ4v) is 3.40. The Morgan fingerprint density at radius 3 is 2.81 bits per heavy atom. The number of carbonyl (C=O) groups is 2. The molecule has 1 aliphatic heterocycles. The normalized spacial score (nSPS) is 16.8. The van der Waals surface area contributed by atoms with Crippen molar-refractivity contribution in [2.75, 3.05) is 10.2 Å². The zero-order valence-corrected chi connectivity index (χ0v) is 12.2. The first-order valence-corrected chi connectivity index (χ1v) is 7.89. The molecule has 0 spiro atoms. The molecule has 1 aromatic heterocycles. The average molecular weight is 298 g/mol. The number of nitrogens with zero attached hydrogens (tertiary/aromatic N) is 1. The Labute approximate surface area is 126 Å². The Kier molecular flexibility index (Phi) is 2.82. The summed E-state index contributed by atoms with van der Waals surface area (Å²) in [7, 11) is 0. The average Bonchev–Trinajstić information content (AvgIpc) is 3.12. The molecule has 5 heteroatoms. The molecule has 0 saturated heterocycles. The second-order valence-corrected chi connectivity index (χ2v) is 6.48. The van der Waals surface area contributed by atoms with Crippen LogP contribution in [0.3, 0.4) is 0 Å². The molecule has 21 heavy (non-hydrogen) atoms. The number of carbonyl (C=O) groups excluding carboxylic acids is 2. The molecular formula is C16H14N2O2S. The highest BCUT2D eigenvalue weighted by atomic mass is 32.1. The SMILES string of the molecule is O=C1Nc2cc(N(Cc3cccs3)C3CC3)ccc2C1=O. The Morgan fingerprint density at radius 1 is 1.24 bits per heavy atom. The molecule has 1 fully saturated rings. The lowest BCUT2D eigenvalue weighted by Gasteiger charge is -2.24. The van der Waals surface area contributed by atoms with Crippen molar-refractivity contribution in [2.45, 2.75) is 25.4 Å². The predicted molar refractivity (Wildman–Crippen MR) is 82.9 cm³/mol. The molecule has 1 amide bonds. The third-order valence-electron chi connectivity index (χ3n) is 3.93. The van der Waals surface area contributed by atoms with Crippen LogP contribution in [0.15, 0.2) is 35.7 Å². The van der Waals surface area contributed by atoms with Crippen molar-refractivity contribution in [3.05, 3.63) is 46.2 Å². The van der Waals surface area contributed by atoms with Crippen LogP contribution in [-0.4, -0.2) is 17.7 Å². The van der Waals surface area contributed by atoms with Crippen LogP contribution in [0.2, 0.25) is 0 Å². The van der Waals surface area contributed by atoms with Crippen molar-refractivity contribution in [3.8, 4) is 0 Å². The Hall–Kier alpha value is -2.14. The number of fused-ring (bicyclic) bond motifs is 1. The summed E-state index contributed by atoms with van der Waals surface area (Å²) in [6, 6.07) is 10.4. The molecule has 106 valence electrons. The largest absolute Gasteiger partial charge is 0.363 e. The van der Waals surface area contributed by atoms with Gasteiger partial charge in [-0.05, 0) is 42.5 Å². The van der Waals surface area contributed by atoms with Crippen LogP contribution in [0.5, 0.6) is 0 Å². The van der Waals surface area contributed by atoms with Gasteiger partial charge in [-0.3, -0.25) is 9.59 Å². The van der Waals surface area contributed by atoms with E-state index in [9.17, 15) is 9.59 Å². The second-order valence-electron chi connectivity index (χ2n) is 5.45. The van der Waals surface area contributed by atoms with Crippen LogP contribution in [0, 0.1) is 0 Å². The van der Waals surface area contributed by atoms with E-state index in [0.29, 0.717) is 17.3 Å². The Morgan fingerprint density at radius 2 is 2.10 bits per heavy atom. The van der Waals surface area contributed by atoms with Gasteiger partial charge in [-0.15, -0.1) is 11.3 Å². The maximum atomic E-state index is 11.7. The number of nitrogens with one attached hydrogen (secondary N) is 1. The first-order chi connectivity index (χ1) is 10.2. The van der Waals surface area contributed by atoms with Crippen molar-refractivity contribution in [1.29, 1.82) is 0 Å². The zero-order valence-electron chi connectivity index (χ0n) is 11.3. The first kappa shape index (κ1) is 12.6. The molecule has 2 aromatic rings. The number of rotatable bonds is 4. The van der Waals surface area contributed by atoms with E-state index in [1.807, 2.05) is 12.1 Å². The summed E-state index contributed by atoms with van der Waals surface area (Å²) in [4.78, 5) is 26.8. The van der Waals surface area contributed by atoms with Gasteiger partial charge < -0.3 is 10.2 Å². The van der Waals surface area contributed by atoms with E-state index >= 15 is 0 Å². The van der Waals surface area contributed by atoms with Gasteiger partial charge in [0.25, 0.3) is 11.7 Å². The van der Waals surface area contributed by atoms with E-state index in [4.69, 9.17) is 0 Å². The van der Waals surface area contributed by atoms with Crippen molar-refractivity contribution in [1.82, 2.24) is 0 Å². The summed E-state index contributed by atoms with van der Waals surface area (Å²) >= 11 is 1.75. The highest BCUT2D eigenvalue weighted by Crippen LogP contribution is 2.36. The van der Waals surface area contributed by atoms with Crippen LogP contribution >= 0.6 is 11.3 Å². The van der Waals surface area contributed by atoms with Gasteiger partial charge in [0.1, 0.15) is 0 Å². The molecule has 1 N–H and O–H groups in total. The van der Waals surface area contributed by atoms with Gasteiger partial charge in [-0.2, -0.15) is 0 Å². The van der Waals surface area contributed by atoms with E-state index in [1.165, 1.54) is 17.7 Å². The van der Waals surface area contributed by atoms with Crippen LogP contribution in [0.25, 0.3) is 0 Å². The van der Waals surface area contributed by atoms with E-state index in [2.05, 4.69) is 27.7 Å². The molecule has 1 aliphatic carbocycles. The van der Waals surface area contributed by atoms with Gasteiger partial charge in [0.2, 0.25) is 0 Å². The minimum absolute atomic E-state index is 0.437. The molecule has 0 unspecified atom stereocenters. The van der Waals surface area contributed by atoms with E-state index in [0.717, 1.165) is 12.2 Å². The minimum atomic E-state index is -0.529. The van der Waals surface area contributed by atoms with Crippen molar-refractivity contribution >= 4 is 34.4 Å². The fraction of sp³-hybridized carbons (Fsp3) is 0.250. The number of benzene rings is 1. The summed E-state index contributed by atoms with van der Waals surface area (Å²) in [5.74, 6) is -0.967. The summed E-state index contributed by atoms with van der Waals surface area (Å²) in [5, 5.41) is 4.73. The van der Waals surface area contributed by atoms with E-state index in [-0.39, 0.29) is 0 Å². The van der Waals surface area contributed by atoms with Gasteiger partial charge >= 0.3 is 0 Å². The highest BCUT2D eigenvalue weighted by molar-refractivity contribution is 7.09. The summed E-state index contributed by atoms with van der Waals surface area (Å²) in [6.07, 6.45) is 2.40. The van der Waals surface area contributed by atoms with Gasteiger partial charge in [-0.25, -0.2) is 0 Å². The molecule has 4 rings (SSSR count). The molecule has 0 radical (unpaired) electrons. The lowest BCUT2D eigenvalue weighted by molar-refractivity contribution is -0.112. The van der Waals surface area contributed by atoms with Gasteiger partial charge in [0.05, 0.1) is 17.8 Å². The number of ketones is 1. The quantitative estimate of drug-likeness (QED) is 0.883. The van der Waals surface area contributed by atoms with E-state index in [1.54, 1.807) is 17.4 Å². The highest BCUT2D eigenvalue weighted by Gasteiger charge is 2.32. The number of hydrogen-bond acceptors (Lipinski definition) is 4. The van der Waals surface area contributed by atoms with Gasteiger partial charge in [0, 0.05) is 16.6 Å². The summed E-state index contributed by atoms with van der Waals surface area (Å²) < 4.78 is 0. The van der Waals surface area contributed by atoms with Gasteiger partial charge in [0.15, 0.2) is 0 Å². The second kappa shape index (κ2) is 4.70. The summed E-state index contributed by atoms with van der Waals surface area (Å²) in [6.45, 7) is 0.878. The molecule has 0 bridgehead atoms. The van der Waals surface area contributed by atoms with Crippen LogP contribution in [0.4, 0.5) is 11.4 Å². The molecular weight excluding hydrogens is 284 g/mol. The fourth-order valence-electron chi connectivity index (χ4n) is 2.70. The first-order valence-electron chi connectivity index (χ1n) is 7.01. The van der Waals surface area contributed by atoms with Crippen molar-refractivity contribution in [3.63, 3.8) is 0 Å². The van der Waals surface area contributed by atoms with E-state index < -0.39 is 11.7 Å². The van der Waals surface area contributed by atoms with Crippen LogP contribution in [0.1, 0.15) is 28.1 Å². The smallest absolute Gasteiger partial charge is 0.296 e. The zero-order chi connectivity index (χ0) is 14.4. The number of anilines is 2. The van der Waals surface area contributed by atoms with Crippen LogP contribution in [-0.2, 0) is 11.3 Å². The number of Topliss-reactive ketones (excluding diaryl/α,β-unsaturated/α-hetero) is 1. The topological polar surface area (TPSA) is 49.4 Å². The number of thiophene rings is 1. The maximum absolute atomic E-state index is 11.7. The summed E-state index contributed by atoms with van der Waals surface area (Å²) in [5.41, 5.74) is 2.19. The minimum Gasteiger partial charge on any atom is -0.363 e. The molecule has 0 atom stereocenters. The lowest BCUT2D eigenvalue weighted by Crippen LogP contribution is -2.24. The Balaban J connectivity index is 1.66. The van der Waals surface area contributed by atoms with Gasteiger partial charge in [-0.1, -0.05) is 6.07 Å². The monoisotopic (exact) mass is 298 g/mol. The van der Waals surface area contributed by atoms with Crippen molar-refractivity contribution < 1.29 is 9.59 Å².